The van der Waals surface area contributed by atoms with Crippen molar-refractivity contribution in [3.8, 4) is 0 Å². The zero-order valence-electron chi connectivity index (χ0n) is 21.3. The number of aryl methyl sites for hydroxylation is 1. The third kappa shape index (κ3) is 11.6. The molecule has 0 atom stereocenters. The lowest BCUT2D eigenvalue weighted by Gasteiger charge is -2.26. The van der Waals surface area contributed by atoms with E-state index in [1.54, 1.807) is 32.5 Å². The van der Waals surface area contributed by atoms with Crippen molar-refractivity contribution in [3.05, 3.63) is 96.1 Å². The molecular weight excluding hydrogens is 456 g/mol. The van der Waals surface area contributed by atoms with Crippen LogP contribution in [0.4, 0.5) is 10.5 Å². The number of ether oxygens (including phenoxy) is 1. The molecule has 3 aromatic rings. The minimum absolute atomic E-state index is 0.0457. The van der Waals surface area contributed by atoms with Gasteiger partial charge >= 0.3 is 6.09 Å². The Hall–Kier alpha value is -3.25. The lowest BCUT2D eigenvalue weighted by atomic mass is 10.2. The number of anilines is 1. The molecule has 0 saturated carbocycles. The summed E-state index contributed by atoms with van der Waals surface area (Å²) in [5.74, 6) is 0.644. The van der Waals surface area contributed by atoms with Crippen LogP contribution in [0.5, 0.6) is 0 Å². The van der Waals surface area contributed by atoms with Gasteiger partial charge in [-0.3, -0.25) is 9.69 Å². The normalized spacial score (nSPS) is 10.5. The SMILES string of the molecule is CCN(CC(=O)Nc1ccc(SCc2ccccc2)cc1)C(=O)OC(C)(C)C.Cc1ccccc1. The lowest BCUT2D eigenvalue weighted by Crippen LogP contribution is -2.41. The molecule has 0 spiro atoms. The third-order valence-electron chi connectivity index (χ3n) is 4.69. The monoisotopic (exact) mass is 492 g/mol. The number of carbonyl (C=O) groups excluding carboxylic acids is 2. The molecular formula is C29H36N2O3S. The summed E-state index contributed by atoms with van der Waals surface area (Å²) in [6, 6.07) is 28.2. The van der Waals surface area contributed by atoms with Gasteiger partial charge in [-0.25, -0.2) is 4.79 Å². The second-order valence-electron chi connectivity index (χ2n) is 9.00. The van der Waals surface area contributed by atoms with Gasteiger partial charge in [0, 0.05) is 22.9 Å². The average molecular weight is 493 g/mol. The van der Waals surface area contributed by atoms with Crippen LogP contribution >= 0.6 is 11.8 Å². The Bertz CT molecular complexity index is 1030. The minimum atomic E-state index is -0.589. The van der Waals surface area contributed by atoms with Crippen molar-refractivity contribution in [2.45, 2.75) is 50.9 Å². The summed E-state index contributed by atoms with van der Waals surface area (Å²) in [4.78, 5) is 26.9. The molecule has 0 aliphatic rings. The number of likely N-dealkylation sites (N-methyl/N-ethyl adjacent to an activating group) is 1. The Morgan fingerprint density at radius 2 is 1.46 bits per heavy atom. The van der Waals surface area contributed by atoms with Crippen LogP contribution in [0.3, 0.4) is 0 Å². The summed E-state index contributed by atoms with van der Waals surface area (Å²) >= 11 is 1.74. The van der Waals surface area contributed by atoms with E-state index in [2.05, 4.69) is 36.5 Å². The second-order valence-corrected chi connectivity index (χ2v) is 10.0. The number of hydrogen-bond donors (Lipinski definition) is 1. The van der Waals surface area contributed by atoms with Crippen molar-refractivity contribution in [1.29, 1.82) is 0 Å². The highest BCUT2D eigenvalue weighted by Gasteiger charge is 2.22. The Kier molecular flexibility index (Phi) is 11.4. The van der Waals surface area contributed by atoms with E-state index in [1.165, 1.54) is 16.0 Å². The first-order valence-corrected chi connectivity index (χ1v) is 12.7. The number of carbonyl (C=O) groups is 2. The smallest absolute Gasteiger partial charge is 0.410 e. The van der Waals surface area contributed by atoms with E-state index in [1.807, 2.05) is 67.6 Å². The second kappa shape index (κ2) is 14.2. The van der Waals surface area contributed by atoms with Crippen molar-refractivity contribution in [2.75, 3.05) is 18.4 Å². The topological polar surface area (TPSA) is 58.6 Å². The van der Waals surface area contributed by atoms with Gasteiger partial charge in [-0.15, -0.1) is 11.8 Å². The van der Waals surface area contributed by atoms with E-state index in [9.17, 15) is 9.59 Å². The molecule has 5 nitrogen and oxygen atoms in total. The molecule has 35 heavy (non-hydrogen) atoms. The maximum Gasteiger partial charge on any atom is 0.410 e. The molecule has 6 heteroatoms. The van der Waals surface area contributed by atoms with Crippen molar-refractivity contribution in [1.82, 2.24) is 4.90 Å². The van der Waals surface area contributed by atoms with Crippen LogP contribution in [0.25, 0.3) is 0 Å². The number of nitrogens with zero attached hydrogens (tertiary/aromatic N) is 1. The third-order valence-corrected chi connectivity index (χ3v) is 5.78. The van der Waals surface area contributed by atoms with Gasteiger partial charge in [-0.1, -0.05) is 66.2 Å². The Morgan fingerprint density at radius 1 is 0.886 bits per heavy atom. The molecule has 0 radical (unpaired) electrons. The van der Waals surface area contributed by atoms with Gasteiger partial charge in [0.1, 0.15) is 12.1 Å². The van der Waals surface area contributed by atoms with Crippen LogP contribution in [-0.4, -0.2) is 35.6 Å². The van der Waals surface area contributed by atoms with Crippen LogP contribution in [0.1, 0.15) is 38.8 Å². The Balaban J connectivity index is 0.000000527. The molecule has 0 bridgehead atoms. The van der Waals surface area contributed by atoms with Gasteiger partial charge in [0.2, 0.25) is 5.91 Å². The van der Waals surface area contributed by atoms with Gasteiger partial charge in [0.25, 0.3) is 0 Å². The number of benzene rings is 3. The summed E-state index contributed by atoms with van der Waals surface area (Å²) in [6.07, 6.45) is -0.488. The van der Waals surface area contributed by atoms with E-state index < -0.39 is 11.7 Å². The fourth-order valence-corrected chi connectivity index (χ4v) is 3.77. The van der Waals surface area contributed by atoms with E-state index in [0.29, 0.717) is 12.2 Å². The molecule has 3 rings (SSSR count). The van der Waals surface area contributed by atoms with Crippen LogP contribution in [0.15, 0.2) is 89.8 Å². The molecule has 0 heterocycles. The number of rotatable bonds is 7. The standard InChI is InChI=1S/C22H28N2O3S.C7H8/c1-5-24(21(26)27-22(2,3)4)15-20(25)23-18-11-13-19(14-12-18)28-16-17-9-7-6-8-10-17;1-7-5-3-2-4-6-7/h6-14H,5,15-16H2,1-4H3,(H,23,25);2-6H,1H3. The maximum atomic E-state index is 12.3. The molecule has 2 amide bonds. The van der Waals surface area contributed by atoms with Crippen LogP contribution < -0.4 is 5.32 Å². The van der Waals surface area contributed by atoms with Gasteiger partial charge in [0.15, 0.2) is 0 Å². The van der Waals surface area contributed by atoms with Crippen LogP contribution in [0, 0.1) is 6.92 Å². The molecule has 1 N–H and O–H groups in total. The van der Waals surface area contributed by atoms with Crippen LogP contribution in [-0.2, 0) is 15.3 Å². The van der Waals surface area contributed by atoms with Crippen molar-refractivity contribution >= 4 is 29.4 Å². The number of hydrogen-bond acceptors (Lipinski definition) is 4. The van der Waals surface area contributed by atoms with Crippen molar-refractivity contribution in [3.63, 3.8) is 0 Å². The number of nitrogens with one attached hydrogen (secondary N) is 1. The van der Waals surface area contributed by atoms with E-state index in [0.717, 1.165) is 10.6 Å². The molecule has 0 aliphatic carbocycles. The molecule has 186 valence electrons. The highest BCUT2D eigenvalue weighted by Crippen LogP contribution is 2.24. The first kappa shape index (κ1) is 28.0. The first-order chi connectivity index (χ1) is 16.7. The largest absolute Gasteiger partial charge is 0.444 e. The van der Waals surface area contributed by atoms with E-state index in [-0.39, 0.29) is 12.5 Å². The highest BCUT2D eigenvalue weighted by molar-refractivity contribution is 7.98. The predicted octanol–water partition coefficient (Wildman–Crippen LogP) is 7.17. The fraction of sp³-hybridized carbons (Fsp3) is 0.310. The van der Waals surface area contributed by atoms with Gasteiger partial charge in [-0.05, 0) is 64.4 Å². The van der Waals surface area contributed by atoms with Crippen molar-refractivity contribution in [2.24, 2.45) is 0 Å². The molecule has 0 aromatic heterocycles. The number of amides is 2. The summed E-state index contributed by atoms with van der Waals surface area (Å²) in [6.45, 7) is 9.66. The van der Waals surface area contributed by atoms with E-state index >= 15 is 0 Å². The predicted molar refractivity (Wildman–Crippen MR) is 146 cm³/mol. The zero-order chi connectivity index (χ0) is 25.7. The maximum absolute atomic E-state index is 12.3. The highest BCUT2D eigenvalue weighted by atomic mass is 32.2. The molecule has 0 fully saturated rings. The first-order valence-electron chi connectivity index (χ1n) is 11.7. The average Bonchev–Trinajstić information content (AvgIpc) is 2.82. The van der Waals surface area contributed by atoms with Crippen LogP contribution in [0.2, 0.25) is 0 Å². The van der Waals surface area contributed by atoms with Crippen molar-refractivity contribution < 1.29 is 14.3 Å². The van der Waals surface area contributed by atoms with Gasteiger partial charge < -0.3 is 10.1 Å². The van der Waals surface area contributed by atoms with E-state index in [4.69, 9.17) is 4.74 Å². The minimum Gasteiger partial charge on any atom is -0.444 e. The van der Waals surface area contributed by atoms with Gasteiger partial charge in [0.05, 0.1) is 0 Å². The summed E-state index contributed by atoms with van der Waals surface area (Å²) in [5.41, 5.74) is 2.71. The molecule has 0 unspecified atom stereocenters. The Morgan fingerprint density at radius 3 is 1.94 bits per heavy atom. The summed E-state index contributed by atoms with van der Waals surface area (Å²) in [7, 11) is 0. The van der Waals surface area contributed by atoms with Gasteiger partial charge in [-0.2, -0.15) is 0 Å². The quantitative estimate of drug-likeness (QED) is 0.355. The Labute approximate surface area is 213 Å². The summed E-state index contributed by atoms with van der Waals surface area (Å²) < 4.78 is 5.33. The fourth-order valence-electron chi connectivity index (χ4n) is 2.92. The molecule has 3 aromatic carbocycles. The molecule has 0 saturated heterocycles. The number of thioether (sulfide) groups is 1. The molecule has 0 aliphatic heterocycles. The summed E-state index contributed by atoms with van der Waals surface area (Å²) in [5, 5.41) is 2.83. The zero-order valence-corrected chi connectivity index (χ0v) is 22.1. The lowest BCUT2D eigenvalue weighted by molar-refractivity contribution is -0.117.